The van der Waals surface area contributed by atoms with Crippen molar-refractivity contribution in [2.45, 2.75) is 47.0 Å². The predicted molar refractivity (Wildman–Crippen MR) is 133 cm³/mol. The molecule has 0 radical (unpaired) electrons. The number of carbonyl (C=O) groups excluding carboxylic acids is 5. The second kappa shape index (κ2) is 11.9. The fourth-order valence-corrected chi connectivity index (χ4v) is 3.76. The van der Waals surface area contributed by atoms with Crippen molar-refractivity contribution < 1.29 is 42.9 Å². The Balaban J connectivity index is 1.91. The standard InChI is InChI=1S/C28H26O9/c1-16(29)34-24-10-8-20(14-26(24)36-18(3)31)12-22-6-5-7-23(28(22)33)13-21-9-11-25(35-17(2)30)27(15-21)37-19(4)32/h8-15H,5-7H2,1-4H3. The van der Waals surface area contributed by atoms with Crippen LogP contribution >= 0.6 is 0 Å². The van der Waals surface area contributed by atoms with E-state index in [4.69, 9.17) is 18.9 Å². The van der Waals surface area contributed by atoms with E-state index in [0.717, 1.165) is 6.42 Å². The predicted octanol–water partition coefficient (Wildman–Crippen LogP) is 4.61. The molecule has 2 aromatic carbocycles. The average molecular weight is 507 g/mol. The van der Waals surface area contributed by atoms with Gasteiger partial charge < -0.3 is 18.9 Å². The number of hydrogen-bond acceptors (Lipinski definition) is 9. The summed E-state index contributed by atoms with van der Waals surface area (Å²) in [6.45, 7) is 4.94. The van der Waals surface area contributed by atoms with E-state index >= 15 is 0 Å². The van der Waals surface area contributed by atoms with Crippen LogP contribution in [0.3, 0.4) is 0 Å². The topological polar surface area (TPSA) is 122 Å². The van der Waals surface area contributed by atoms with Crippen LogP contribution in [0, 0.1) is 0 Å². The van der Waals surface area contributed by atoms with Gasteiger partial charge in [0.15, 0.2) is 28.8 Å². The molecule has 0 unspecified atom stereocenters. The van der Waals surface area contributed by atoms with Crippen LogP contribution in [0.4, 0.5) is 0 Å². The molecule has 9 heteroatoms. The van der Waals surface area contributed by atoms with Crippen molar-refractivity contribution in [3.05, 3.63) is 58.7 Å². The van der Waals surface area contributed by atoms with E-state index in [1.807, 2.05) is 0 Å². The third kappa shape index (κ3) is 7.73. The number of ether oxygens (including phenoxy) is 4. The molecule has 0 heterocycles. The Bertz CT molecular complexity index is 1230. The summed E-state index contributed by atoms with van der Waals surface area (Å²) >= 11 is 0. The summed E-state index contributed by atoms with van der Waals surface area (Å²) in [5.41, 5.74) is 2.31. The van der Waals surface area contributed by atoms with Gasteiger partial charge in [0.25, 0.3) is 0 Å². The van der Waals surface area contributed by atoms with Gasteiger partial charge in [0, 0.05) is 38.8 Å². The average Bonchev–Trinajstić information content (AvgIpc) is 2.78. The zero-order chi connectivity index (χ0) is 27.1. The summed E-state index contributed by atoms with van der Waals surface area (Å²) in [4.78, 5) is 58.9. The third-order valence-corrected chi connectivity index (χ3v) is 5.11. The summed E-state index contributed by atoms with van der Waals surface area (Å²) in [7, 11) is 0. The van der Waals surface area contributed by atoms with Gasteiger partial charge in [0.1, 0.15) is 0 Å². The second-order valence-corrected chi connectivity index (χ2v) is 8.31. The first kappa shape index (κ1) is 27.1. The Labute approximate surface area is 213 Å². The van der Waals surface area contributed by atoms with Gasteiger partial charge >= 0.3 is 23.9 Å². The summed E-state index contributed by atoms with van der Waals surface area (Å²) in [5.74, 6) is -2.09. The number of esters is 4. The van der Waals surface area contributed by atoms with Crippen LogP contribution in [-0.4, -0.2) is 29.7 Å². The van der Waals surface area contributed by atoms with Gasteiger partial charge in [-0.2, -0.15) is 0 Å². The summed E-state index contributed by atoms with van der Waals surface area (Å²) in [6.07, 6.45) is 5.24. The monoisotopic (exact) mass is 506 g/mol. The van der Waals surface area contributed by atoms with Crippen LogP contribution in [0.25, 0.3) is 12.2 Å². The third-order valence-electron chi connectivity index (χ3n) is 5.11. The molecule has 1 fully saturated rings. The Morgan fingerprint density at radius 2 is 0.946 bits per heavy atom. The molecule has 0 aliphatic heterocycles. The van der Waals surface area contributed by atoms with Crippen LogP contribution in [0.15, 0.2) is 47.5 Å². The van der Waals surface area contributed by atoms with Gasteiger partial charge in [-0.1, -0.05) is 12.1 Å². The van der Waals surface area contributed by atoms with E-state index in [0.29, 0.717) is 35.1 Å². The van der Waals surface area contributed by atoms with Crippen LogP contribution in [-0.2, 0) is 24.0 Å². The van der Waals surface area contributed by atoms with Crippen LogP contribution in [0.5, 0.6) is 23.0 Å². The van der Waals surface area contributed by atoms with Gasteiger partial charge in [-0.15, -0.1) is 0 Å². The van der Waals surface area contributed by atoms with E-state index in [2.05, 4.69) is 0 Å². The molecule has 37 heavy (non-hydrogen) atoms. The summed E-state index contributed by atoms with van der Waals surface area (Å²) in [6, 6.07) is 9.36. The molecule has 0 amide bonds. The molecule has 1 aliphatic rings. The van der Waals surface area contributed by atoms with E-state index < -0.39 is 23.9 Å². The molecule has 1 aliphatic carbocycles. The van der Waals surface area contributed by atoms with Crippen LogP contribution in [0.2, 0.25) is 0 Å². The van der Waals surface area contributed by atoms with E-state index in [1.54, 1.807) is 24.3 Å². The maximum atomic E-state index is 13.2. The van der Waals surface area contributed by atoms with Gasteiger partial charge in [-0.3, -0.25) is 24.0 Å². The minimum atomic E-state index is -0.579. The normalized spacial score (nSPS) is 15.3. The lowest BCUT2D eigenvalue weighted by atomic mass is 9.87. The number of Topliss-reactive ketones (excluding diaryl/α,β-unsaturated/α-hetero) is 1. The molecule has 9 nitrogen and oxygen atoms in total. The molecule has 0 aromatic heterocycles. The molecule has 0 bridgehead atoms. The molecule has 2 aromatic rings. The molecule has 0 spiro atoms. The zero-order valence-electron chi connectivity index (χ0n) is 20.9. The SMILES string of the molecule is CC(=O)Oc1ccc(C=C2CCCC(=Cc3ccc(OC(C)=O)c(OC(C)=O)c3)C2=O)cc1OC(C)=O. The van der Waals surface area contributed by atoms with E-state index in [1.165, 1.54) is 52.0 Å². The van der Waals surface area contributed by atoms with Crippen molar-refractivity contribution in [1.29, 1.82) is 0 Å². The van der Waals surface area contributed by atoms with Crippen molar-refractivity contribution in [3.63, 3.8) is 0 Å². The molecule has 3 rings (SSSR count). The Morgan fingerprint density at radius 3 is 1.30 bits per heavy atom. The van der Waals surface area contributed by atoms with Crippen molar-refractivity contribution >= 4 is 41.8 Å². The van der Waals surface area contributed by atoms with Crippen LogP contribution < -0.4 is 18.9 Å². The Morgan fingerprint density at radius 1 is 0.595 bits per heavy atom. The first-order valence-electron chi connectivity index (χ1n) is 11.5. The van der Waals surface area contributed by atoms with E-state index in [9.17, 15) is 24.0 Å². The fraction of sp³-hybridized carbons (Fsp3) is 0.250. The molecule has 0 atom stereocenters. The van der Waals surface area contributed by atoms with Crippen molar-refractivity contribution in [1.82, 2.24) is 0 Å². The first-order chi connectivity index (χ1) is 17.5. The lowest BCUT2D eigenvalue weighted by molar-refractivity contribution is -0.134. The van der Waals surface area contributed by atoms with Crippen molar-refractivity contribution in [3.8, 4) is 23.0 Å². The Hall–Kier alpha value is -4.53. The second-order valence-electron chi connectivity index (χ2n) is 8.31. The highest BCUT2D eigenvalue weighted by Gasteiger charge is 2.21. The quantitative estimate of drug-likeness (QED) is 0.314. The molecule has 0 N–H and O–H groups in total. The number of hydrogen-bond donors (Lipinski definition) is 0. The molecular weight excluding hydrogens is 480 g/mol. The lowest BCUT2D eigenvalue weighted by Gasteiger charge is -2.17. The minimum absolute atomic E-state index is 0.0712. The summed E-state index contributed by atoms with van der Waals surface area (Å²) in [5, 5.41) is 0. The number of carbonyl (C=O) groups is 5. The highest BCUT2D eigenvalue weighted by Crippen LogP contribution is 2.34. The largest absolute Gasteiger partial charge is 0.423 e. The maximum absolute atomic E-state index is 13.2. The highest BCUT2D eigenvalue weighted by atomic mass is 16.6. The highest BCUT2D eigenvalue weighted by molar-refractivity contribution is 6.14. The minimum Gasteiger partial charge on any atom is -0.423 e. The van der Waals surface area contributed by atoms with Crippen molar-refractivity contribution in [2.24, 2.45) is 0 Å². The molecule has 192 valence electrons. The van der Waals surface area contributed by atoms with E-state index in [-0.39, 0.29) is 28.8 Å². The number of ketones is 1. The van der Waals surface area contributed by atoms with Gasteiger partial charge in [0.05, 0.1) is 0 Å². The number of allylic oxidation sites excluding steroid dienone is 2. The first-order valence-corrected chi connectivity index (χ1v) is 11.5. The summed E-state index contributed by atoms with van der Waals surface area (Å²) < 4.78 is 20.5. The zero-order valence-corrected chi connectivity index (χ0v) is 20.9. The number of benzene rings is 2. The van der Waals surface area contributed by atoms with Crippen molar-refractivity contribution in [2.75, 3.05) is 0 Å². The molecule has 0 saturated heterocycles. The smallest absolute Gasteiger partial charge is 0.308 e. The lowest BCUT2D eigenvalue weighted by Crippen LogP contribution is -2.12. The molecule has 1 saturated carbocycles. The van der Waals surface area contributed by atoms with Gasteiger partial charge in [-0.05, 0) is 66.8 Å². The van der Waals surface area contributed by atoms with Crippen LogP contribution in [0.1, 0.15) is 58.1 Å². The maximum Gasteiger partial charge on any atom is 0.308 e. The van der Waals surface area contributed by atoms with Gasteiger partial charge in [0.2, 0.25) is 0 Å². The molecular formula is C28H26O9. The fourth-order valence-electron chi connectivity index (χ4n) is 3.76. The van der Waals surface area contributed by atoms with Gasteiger partial charge in [-0.25, -0.2) is 0 Å². The Kier molecular flexibility index (Phi) is 8.73. The number of rotatable bonds is 6.